The molecule has 2 aromatic rings. The number of carbonyl (C=O) groups excluding carboxylic acids is 1. The van der Waals surface area contributed by atoms with Gasteiger partial charge in [-0.3, -0.25) is 0 Å². The number of hydrogen-bond donors (Lipinski definition) is 1. The molecule has 0 bridgehead atoms. The summed E-state index contributed by atoms with van der Waals surface area (Å²) >= 11 is 0. The molecule has 12 nitrogen and oxygen atoms in total. The molecule has 0 fully saturated rings. The van der Waals surface area contributed by atoms with Crippen molar-refractivity contribution in [1.29, 1.82) is 0 Å². The van der Waals surface area contributed by atoms with Crippen LogP contribution in [0.2, 0.25) is 0 Å². The molecule has 0 amide bonds. The first-order valence-corrected chi connectivity index (χ1v) is 17.7. The van der Waals surface area contributed by atoms with Crippen LogP contribution in [0.15, 0.2) is 48.5 Å². The van der Waals surface area contributed by atoms with Crippen molar-refractivity contribution >= 4 is 17.3 Å². The van der Waals surface area contributed by atoms with Crippen LogP contribution in [0.5, 0.6) is 0 Å². The van der Waals surface area contributed by atoms with E-state index in [2.05, 4.69) is 19.2 Å². The molecule has 0 aliphatic heterocycles. The van der Waals surface area contributed by atoms with Gasteiger partial charge >= 0.3 is 12.1 Å². The van der Waals surface area contributed by atoms with E-state index in [9.17, 15) is 18.0 Å². The quantitative estimate of drug-likeness (QED) is 0.0702. The van der Waals surface area contributed by atoms with E-state index in [0.717, 1.165) is 25.2 Å². The first kappa shape index (κ1) is 45.3. The lowest BCUT2D eigenvalue weighted by molar-refractivity contribution is -0.137. The molecule has 2 aromatic carbocycles. The minimum absolute atomic E-state index is 0.000926. The lowest BCUT2D eigenvalue weighted by Gasteiger charge is -2.13. The number of esters is 1. The number of anilines is 2. The molecule has 15 heteroatoms. The first-order valence-electron chi connectivity index (χ1n) is 17.7. The average molecular weight is 748 g/mol. The van der Waals surface area contributed by atoms with Gasteiger partial charge in [-0.15, -0.1) is 0 Å². The standard InChI is InChI=1S/C37H56F3NO11/c1-3-31(2)30-51-26-25-49-22-21-47-18-17-45-14-13-43-11-12-44-15-16-46-19-20-48-23-24-50-27-28-52-36(42)34-9-4-5-10-35(34)41-33-8-6-7-32(29-33)37(38,39)40/h4-10,29,31,41H,3,11-28,30H2,1-2H3. The van der Waals surface area contributed by atoms with E-state index in [-0.39, 0.29) is 24.5 Å². The van der Waals surface area contributed by atoms with E-state index in [1.807, 2.05) is 0 Å². The molecule has 0 saturated heterocycles. The van der Waals surface area contributed by atoms with E-state index in [4.69, 9.17) is 47.4 Å². The average Bonchev–Trinajstić information content (AvgIpc) is 3.14. The minimum Gasteiger partial charge on any atom is -0.460 e. The second kappa shape index (κ2) is 29.6. The van der Waals surface area contributed by atoms with Gasteiger partial charge in [0.05, 0.1) is 129 Å². The number of alkyl halides is 3. The monoisotopic (exact) mass is 747 g/mol. The van der Waals surface area contributed by atoms with Crippen LogP contribution in [0.3, 0.4) is 0 Å². The molecule has 1 unspecified atom stereocenters. The van der Waals surface area contributed by atoms with E-state index in [1.165, 1.54) is 18.2 Å². The van der Waals surface area contributed by atoms with Crippen LogP contribution < -0.4 is 5.32 Å². The molecule has 0 aliphatic rings. The molecule has 0 saturated carbocycles. The largest absolute Gasteiger partial charge is 0.460 e. The fraction of sp³-hybridized carbons (Fsp3) is 0.649. The number of halogens is 3. The molecule has 0 aliphatic carbocycles. The summed E-state index contributed by atoms with van der Waals surface area (Å²) < 4.78 is 93.6. The van der Waals surface area contributed by atoms with Gasteiger partial charge in [0.15, 0.2) is 0 Å². The van der Waals surface area contributed by atoms with Gasteiger partial charge in [0, 0.05) is 12.3 Å². The number of ether oxygens (including phenoxy) is 10. The van der Waals surface area contributed by atoms with Gasteiger partial charge in [-0.1, -0.05) is 38.5 Å². The van der Waals surface area contributed by atoms with Crippen LogP contribution in [0.4, 0.5) is 24.5 Å². The summed E-state index contributed by atoms with van der Waals surface area (Å²) in [5.41, 5.74) is -0.0836. The van der Waals surface area contributed by atoms with Crippen LogP contribution in [0.25, 0.3) is 0 Å². The summed E-state index contributed by atoms with van der Waals surface area (Å²) in [7, 11) is 0. The molecule has 0 spiro atoms. The van der Waals surface area contributed by atoms with E-state index < -0.39 is 17.7 Å². The summed E-state index contributed by atoms with van der Waals surface area (Å²) in [6.45, 7) is 12.7. The molecule has 52 heavy (non-hydrogen) atoms. The van der Waals surface area contributed by atoms with Gasteiger partial charge in [0.1, 0.15) is 6.61 Å². The fourth-order valence-corrected chi connectivity index (χ4v) is 4.13. The zero-order chi connectivity index (χ0) is 37.5. The molecule has 1 atom stereocenters. The number of rotatable bonds is 33. The summed E-state index contributed by atoms with van der Waals surface area (Å²) in [5, 5.41) is 2.86. The Morgan fingerprint density at radius 2 is 1.02 bits per heavy atom. The molecular weight excluding hydrogens is 691 g/mol. The Bertz CT molecular complexity index is 1180. The molecule has 1 N–H and O–H groups in total. The molecule has 0 radical (unpaired) electrons. The highest BCUT2D eigenvalue weighted by Gasteiger charge is 2.30. The highest BCUT2D eigenvalue weighted by molar-refractivity contribution is 5.96. The van der Waals surface area contributed by atoms with Crippen LogP contribution >= 0.6 is 0 Å². The van der Waals surface area contributed by atoms with Gasteiger partial charge in [-0.05, 0) is 36.2 Å². The number of benzene rings is 2. The van der Waals surface area contributed by atoms with Crippen LogP contribution in [0, 0.1) is 5.92 Å². The van der Waals surface area contributed by atoms with Crippen LogP contribution in [-0.4, -0.2) is 132 Å². The zero-order valence-electron chi connectivity index (χ0n) is 30.5. The SMILES string of the molecule is CCC(C)COCCOCCOCCOCCOCCOCCOCCOCCOCCOC(=O)c1ccccc1Nc1cccc(C(F)(F)F)c1. The van der Waals surface area contributed by atoms with Crippen LogP contribution in [-0.2, 0) is 53.5 Å². The Hall–Kier alpha value is -2.86. The number of nitrogens with one attached hydrogen (secondary N) is 1. The number of hydrogen-bond acceptors (Lipinski definition) is 12. The van der Waals surface area contributed by atoms with E-state index >= 15 is 0 Å². The summed E-state index contributed by atoms with van der Waals surface area (Å²) in [6, 6.07) is 11.1. The Labute approximate surface area is 305 Å². The lowest BCUT2D eigenvalue weighted by Crippen LogP contribution is -2.16. The predicted octanol–water partition coefficient (Wildman–Crippen LogP) is 5.80. The second-order valence-electron chi connectivity index (χ2n) is 11.4. The summed E-state index contributed by atoms with van der Waals surface area (Å²) in [4.78, 5) is 12.6. The summed E-state index contributed by atoms with van der Waals surface area (Å²) in [6.07, 6.45) is -3.36. The van der Waals surface area contributed by atoms with E-state index in [0.29, 0.717) is 117 Å². The smallest absolute Gasteiger partial charge is 0.416 e. The number of carbonyl (C=O) groups is 1. The minimum atomic E-state index is -4.48. The van der Waals surface area contributed by atoms with E-state index in [1.54, 1.807) is 18.2 Å². The third-order valence-corrected chi connectivity index (χ3v) is 7.15. The normalized spacial score (nSPS) is 12.2. The Morgan fingerprint density at radius 3 is 1.46 bits per heavy atom. The molecule has 296 valence electrons. The third-order valence-electron chi connectivity index (χ3n) is 7.15. The van der Waals surface area contributed by atoms with Crippen molar-refractivity contribution in [3.63, 3.8) is 0 Å². The predicted molar refractivity (Wildman–Crippen MR) is 188 cm³/mol. The zero-order valence-corrected chi connectivity index (χ0v) is 30.5. The maximum atomic E-state index is 13.0. The fourth-order valence-electron chi connectivity index (χ4n) is 4.13. The maximum absolute atomic E-state index is 13.0. The van der Waals surface area contributed by atoms with Gasteiger partial charge in [-0.2, -0.15) is 13.2 Å². The van der Waals surface area contributed by atoms with Crippen molar-refractivity contribution in [3.05, 3.63) is 59.7 Å². The molecular formula is C37H56F3NO11. The third kappa shape index (κ3) is 22.9. The van der Waals surface area contributed by atoms with Crippen molar-refractivity contribution in [2.75, 3.05) is 131 Å². The highest BCUT2D eigenvalue weighted by Crippen LogP contribution is 2.32. The topological polar surface area (TPSA) is 121 Å². The molecule has 2 rings (SSSR count). The number of para-hydroxylation sites is 1. The first-order chi connectivity index (χ1) is 25.3. The van der Waals surface area contributed by atoms with Crippen molar-refractivity contribution in [2.24, 2.45) is 5.92 Å². The molecule has 0 heterocycles. The van der Waals surface area contributed by atoms with Gasteiger partial charge in [0.25, 0.3) is 0 Å². The van der Waals surface area contributed by atoms with Gasteiger partial charge in [0.2, 0.25) is 0 Å². The Balaban J connectivity index is 1.31. The van der Waals surface area contributed by atoms with Gasteiger partial charge < -0.3 is 52.7 Å². The Morgan fingerprint density at radius 1 is 0.596 bits per heavy atom. The second-order valence-corrected chi connectivity index (χ2v) is 11.4. The lowest BCUT2D eigenvalue weighted by atomic mass is 10.1. The van der Waals surface area contributed by atoms with Gasteiger partial charge in [-0.25, -0.2) is 4.79 Å². The van der Waals surface area contributed by atoms with Crippen molar-refractivity contribution in [3.8, 4) is 0 Å². The highest BCUT2D eigenvalue weighted by atomic mass is 19.4. The Kier molecular flexibility index (Phi) is 25.8. The van der Waals surface area contributed by atoms with Crippen LogP contribution in [0.1, 0.15) is 36.2 Å². The summed E-state index contributed by atoms with van der Waals surface area (Å²) in [5.74, 6) is -0.0474. The maximum Gasteiger partial charge on any atom is 0.416 e. The molecule has 0 aromatic heterocycles. The van der Waals surface area contributed by atoms with Crippen molar-refractivity contribution in [2.45, 2.75) is 26.4 Å². The van der Waals surface area contributed by atoms with Crippen molar-refractivity contribution in [1.82, 2.24) is 0 Å². The van der Waals surface area contributed by atoms with Crippen molar-refractivity contribution < 1.29 is 65.3 Å².